The first-order valence-electron chi connectivity index (χ1n) is 8.31. The standard InChI is InChI=1S/C18H28N2O2/c1-15(2)20(14-16-7-4-3-5-8-16)11-10-18(21)19-13-17-9-6-12-22-17/h3-5,7-8,15,17H,6,9-14H2,1-2H3,(H,19,21). The van der Waals surface area contributed by atoms with Crippen LogP contribution in [0.4, 0.5) is 0 Å². The van der Waals surface area contributed by atoms with Crippen LogP contribution in [0, 0.1) is 0 Å². The van der Waals surface area contributed by atoms with E-state index in [0.29, 0.717) is 19.0 Å². The first-order chi connectivity index (χ1) is 10.6. The number of hydrogen-bond acceptors (Lipinski definition) is 3. The second kappa shape index (κ2) is 8.91. The summed E-state index contributed by atoms with van der Waals surface area (Å²) in [4.78, 5) is 14.3. The van der Waals surface area contributed by atoms with E-state index in [1.807, 2.05) is 6.07 Å². The zero-order valence-corrected chi connectivity index (χ0v) is 13.8. The third-order valence-electron chi connectivity index (χ3n) is 4.14. The Morgan fingerprint density at radius 3 is 2.77 bits per heavy atom. The molecule has 4 heteroatoms. The van der Waals surface area contributed by atoms with Gasteiger partial charge in [-0.3, -0.25) is 9.69 Å². The minimum Gasteiger partial charge on any atom is -0.376 e. The highest BCUT2D eigenvalue weighted by molar-refractivity contribution is 5.76. The molecule has 1 unspecified atom stereocenters. The van der Waals surface area contributed by atoms with Gasteiger partial charge in [0, 0.05) is 38.7 Å². The van der Waals surface area contributed by atoms with Crippen molar-refractivity contribution in [2.45, 2.75) is 51.8 Å². The molecule has 1 saturated heterocycles. The number of rotatable bonds is 8. The molecule has 0 aromatic heterocycles. The van der Waals surface area contributed by atoms with Crippen LogP contribution in [0.3, 0.4) is 0 Å². The molecule has 1 amide bonds. The maximum atomic E-state index is 12.0. The molecular formula is C18H28N2O2. The molecule has 1 fully saturated rings. The van der Waals surface area contributed by atoms with E-state index in [0.717, 1.165) is 32.5 Å². The van der Waals surface area contributed by atoms with E-state index < -0.39 is 0 Å². The summed E-state index contributed by atoms with van der Waals surface area (Å²) in [5, 5.41) is 2.99. The molecule has 122 valence electrons. The minimum absolute atomic E-state index is 0.120. The number of hydrogen-bond donors (Lipinski definition) is 1. The summed E-state index contributed by atoms with van der Waals surface area (Å²) in [6, 6.07) is 10.8. The topological polar surface area (TPSA) is 41.6 Å². The van der Waals surface area contributed by atoms with E-state index in [9.17, 15) is 4.79 Å². The number of benzene rings is 1. The average Bonchev–Trinajstić information content (AvgIpc) is 3.03. The SMILES string of the molecule is CC(C)N(CCC(=O)NCC1CCCO1)Cc1ccccc1. The van der Waals surface area contributed by atoms with Crippen LogP contribution in [0.5, 0.6) is 0 Å². The van der Waals surface area contributed by atoms with Gasteiger partial charge in [-0.25, -0.2) is 0 Å². The van der Waals surface area contributed by atoms with Crippen LogP contribution in [-0.4, -0.2) is 42.6 Å². The van der Waals surface area contributed by atoms with Crippen molar-refractivity contribution in [3.05, 3.63) is 35.9 Å². The van der Waals surface area contributed by atoms with Crippen LogP contribution in [0.15, 0.2) is 30.3 Å². The van der Waals surface area contributed by atoms with Crippen molar-refractivity contribution in [3.63, 3.8) is 0 Å². The lowest BCUT2D eigenvalue weighted by Crippen LogP contribution is -2.37. The average molecular weight is 304 g/mol. The van der Waals surface area contributed by atoms with Crippen molar-refractivity contribution in [2.24, 2.45) is 0 Å². The fraction of sp³-hybridized carbons (Fsp3) is 0.611. The second-order valence-electron chi connectivity index (χ2n) is 6.24. The molecule has 4 nitrogen and oxygen atoms in total. The van der Waals surface area contributed by atoms with E-state index in [1.54, 1.807) is 0 Å². The normalized spacial score (nSPS) is 18.1. The van der Waals surface area contributed by atoms with Crippen LogP contribution in [-0.2, 0) is 16.1 Å². The van der Waals surface area contributed by atoms with E-state index in [-0.39, 0.29) is 12.0 Å². The molecule has 0 radical (unpaired) electrons. The number of carbonyl (C=O) groups is 1. The zero-order chi connectivity index (χ0) is 15.8. The van der Waals surface area contributed by atoms with Gasteiger partial charge in [-0.05, 0) is 32.3 Å². The molecule has 1 aromatic carbocycles. The van der Waals surface area contributed by atoms with Crippen LogP contribution < -0.4 is 5.32 Å². The number of nitrogens with one attached hydrogen (secondary N) is 1. The van der Waals surface area contributed by atoms with Gasteiger partial charge in [-0.15, -0.1) is 0 Å². The van der Waals surface area contributed by atoms with Crippen molar-refractivity contribution < 1.29 is 9.53 Å². The molecule has 22 heavy (non-hydrogen) atoms. The number of nitrogens with zero attached hydrogens (tertiary/aromatic N) is 1. The summed E-state index contributed by atoms with van der Waals surface area (Å²) in [6.07, 6.45) is 2.93. The van der Waals surface area contributed by atoms with Crippen molar-refractivity contribution in [3.8, 4) is 0 Å². The largest absolute Gasteiger partial charge is 0.376 e. The Morgan fingerprint density at radius 1 is 1.36 bits per heavy atom. The fourth-order valence-corrected chi connectivity index (χ4v) is 2.70. The second-order valence-corrected chi connectivity index (χ2v) is 6.24. The zero-order valence-electron chi connectivity index (χ0n) is 13.8. The van der Waals surface area contributed by atoms with Gasteiger partial charge < -0.3 is 10.1 Å². The third kappa shape index (κ3) is 5.78. The maximum Gasteiger partial charge on any atom is 0.221 e. The summed E-state index contributed by atoms with van der Waals surface area (Å²) >= 11 is 0. The molecule has 1 heterocycles. The predicted molar refractivity (Wildman–Crippen MR) is 88.6 cm³/mol. The fourth-order valence-electron chi connectivity index (χ4n) is 2.70. The molecule has 1 atom stereocenters. The Bertz CT molecular complexity index is 442. The quantitative estimate of drug-likeness (QED) is 0.802. The summed E-state index contributed by atoms with van der Waals surface area (Å²) in [5.41, 5.74) is 1.29. The van der Waals surface area contributed by atoms with E-state index in [1.165, 1.54) is 5.56 Å². The molecule has 0 saturated carbocycles. The van der Waals surface area contributed by atoms with Crippen molar-refractivity contribution in [2.75, 3.05) is 19.7 Å². The molecule has 1 aliphatic heterocycles. The number of amides is 1. The Hall–Kier alpha value is -1.39. The van der Waals surface area contributed by atoms with Crippen molar-refractivity contribution >= 4 is 5.91 Å². The third-order valence-corrected chi connectivity index (χ3v) is 4.14. The molecule has 2 rings (SSSR count). The van der Waals surface area contributed by atoms with E-state index in [2.05, 4.69) is 48.3 Å². The Balaban J connectivity index is 1.72. The smallest absolute Gasteiger partial charge is 0.221 e. The molecule has 0 bridgehead atoms. The predicted octanol–water partition coefficient (Wildman–Crippen LogP) is 2.58. The van der Waals surface area contributed by atoms with Gasteiger partial charge in [0.1, 0.15) is 0 Å². The van der Waals surface area contributed by atoms with Crippen molar-refractivity contribution in [1.82, 2.24) is 10.2 Å². The molecule has 0 spiro atoms. The lowest BCUT2D eigenvalue weighted by atomic mass is 10.2. The first kappa shape index (κ1) is 17.0. The van der Waals surface area contributed by atoms with Crippen molar-refractivity contribution in [1.29, 1.82) is 0 Å². The minimum atomic E-state index is 0.120. The van der Waals surface area contributed by atoms with Crippen LogP contribution in [0.2, 0.25) is 0 Å². The number of ether oxygens (including phenoxy) is 1. The lowest BCUT2D eigenvalue weighted by molar-refractivity contribution is -0.122. The highest BCUT2D eigenvalue weighted by Crippen LogP contribution is 2.11. The Morgan fingerprint density at radius 2 is 2.14 bits per heavy atom. The lowest BCUT2D eigenvalue weighted by Gasteiger charge is -2.26. The Labute approximate surface area is 133 Å². The Kier molecular flexibility index (Phi) is 6.87. The van der Waals surface area contributed by atoms with Crippen LogP contribution >= 0.6 is 0 Å². The van der Waals surface area contributed by atoms with Gasteiger partial charge in [0.2, 0.25) is 5.91 Å². The van der Waals surface area contributed by atoms with Crippen LogP contribution in [0.25, 0.3) is 0 Å². The summed E-state index contributed by atoms with van der Waals surface area (Å²) in [5.74, 6) is 0.120. The molecule has 1 aromatic rings. The summed E-state index contributed by atoms with van der Waals surface area (Å²) in [7, 11) is 0. The van der Waals surface area contributed by atoms with E-state index >= 15 is 0 Å². The highest BCUT2D eigenvalue weighted by atomic mass is 16.5. The van der Waals surface area contributed by atoms with Gasteiger partial charge in [-0.1, -0.05) is 30.3 Å². The van der Waals surface area contributed by atoms with Gasteiger partial charge in [0.15, 0.2) is 0 Å². The monoisotopic (exact) mass is 304 g/mol. The molecule has 1 N–H and O–H groups in total. The van der Waals surface area contributed by atoms with Gasteiger partial charge in [-0.2, -0.15) is 0 Å². The summed E-state index contributed by atoms with van der Waals surface area (Å²) < 4.78 is 5.52. The highest BCUT2D eigenvalue weighted by Gasteiger charge is 2.17. The maximum absolute atomic E-state index is 12.0. The van der Waals surface area contributed by atoms with Gasteiger partial charge >= 0.3 is 0 Å². The number of carbonyl (C=O) groups excluding carboxylic acids is 1. The molecule has 1 aliphatic rings. The van der Waals surface area contributed by atoms with E-state index in [4.69, 9.17) is 4.74 Å². The summed E-state index contributed by atoms with van der Waals surface area (Å²) in [6.45, 7) is 7.50. The van der Waals surface area contributed by atoms with Gasteiger partial charge in [0.25, 0.3) is 0 Å². The van der Waals surface area contributed by atoms with Gasteiger partial charge in [0.05, 0.1) is 6.10 Å². The first-order valence-corrected chi connectivity index (χ1v) is 8.31. The molecule has 0 aliphatic carbocycles. The van der Waals surface area contributed by atoms with Crippen LogP contribution in [0.1, 0.15) is 38.7 Å². The molecular weight excluding hydrogens is 276 g/mol.